The number of hydrogen-bond donors (Lipinski definition) is 2. The number of hydrogen-bond acceptors (Lipinski definition) is 4. The van der Waals surface area contributed by atoms with Gasteiger partial charge in [-0.05, 0) is 77.9 Å². The molecule has 0 saturated heterocycles. The molecule has 0 fully saturated rings. The Labute approximate surface area is 214 Å². The summed E-state index contributed by atoms with van der Waals surface area (Å²) in [5.74, 6) is 0.189. The molecule has 5 nitrogen and oxygen atoms in total. The Bertz CT molecular complexity index is 1600. The van der Waals surface area contributed by atoms with Gasteiger partial charge in [-0.1, -0.05) is 57.9 Å². The molecule has 5 aromatic rings. The highest BCUT2D eigenvalue weighted by Gasteiger charge is 2.14. The minimum Gasteiger partial charge on any atom is -0.436 e. The van der Waals surface area contributed by atoms with Crippen LogP contribution in [0.1, 0.15) is 15.9 Å². The van der Waals surface area contributed by atoms with Crippen molar-refractivity contribution in [3.05, 3.63) is 93.4 Å². The summed E-state index contributed by atoms with van der Waals surface area (Å²) in [7, 11) is 0. The van der Waals surface area contributed by atoms with Crippen LogP contribution in [0, 0.1) is 6.92 Å². The Morgan fingerprint density at radius 1 is 1.03 bits per heavy atom. The maximum absolute atomic E-state index is 12.9. The monoisotopic (exact) mass is 549 g/mol. The minimum atomic E-state index is -0.290. The molecule has 1 amide bonds. The van der Waals surface area contributed by atoms with E-state index in [-0.39, 0.29) is 11.0 Å². The van der Waals surface area contributed by atoms with Gasteiger partial charge in [-0.3, -0.25) is 10.1 Å². The SMILES string of the molecule is Cc1ccc(-c2nc3cc(NC(=S)NC(=O)c4cccc5c(Br)cccc45)ccc3o2)cc1Cl. The van der Waals surface area contributed by atoms with Crippen LogP contribution in [0.4, 0.5) is 5.69 Å². The highest BCUT2D eigenvalue weighted by atomic mass is 79.9. The highest BCUT2D eigenvalue weighted by Crippen LogP contribution is 2.29. The lowest BCUT2D eigenvalue weighted by molar-refractivity contribution is 0.0979. The number of anilines is 1. The van der Waals surface area contributed by atoms with Gasteiger partial charge >= 0.3 is 0 Å². The van der Waals surface area contributed by atoms with Gasteiger partial charge < -0.3 is 9.73 Å². The lowest BCUT2D eigenvalue weighted by Crippen LogP contribution is -2.34. The van der Waals surface area contributed by atoms with E-state index in [9.17, 15) is 4.79 Å². The number of fused-ring (bicyclic) bond motifs is 2. The first-order valence-corrected chi connectivity index (χ1v) is 11.9. The molecule has 0 spiro atoms. The molecule has 4 aromatic carbocycles. The Morgan fingerprint density at radius 2 is 1.82 bits per heavy atom. The highest BCUT2D eigenvalue weighted by molar-refractivity contribution is 9.10. The largest absolute Gasteiger partial charge is 0.436 e. The van der Waals surface area contributed by atoms with E-state index < -0.39 is 0 Å². The number of oxazole rings is 1. The molecule has 0 unspecified atom stereocenters. The van der Waals surface area contributed by atoms with Gasteiger partial charge in [0.25, 0.3) is 5.91 Å². The standard InChI is InChI=1S/C26H17BrClN3O2S/c1-14-8-9-15(12-21(14)28)25-30-22-13-16(10-11-23(22)33-25)29-26(34)31-24(32)19-6-2-5-18-17(19)4-3-7-20(18)27/h2-13H,1H3,(H2,29,31,32,34). The van der Waals surface area contributed by atoms with Crippen molar-refractivity contribution in [1.82, 2.24) is 10.3 Å². The second-order valence-corrected chi connectivity index (χ2v) is 9.38. The summed E-state index contributed by atoms with van der Waals surface area (Å²) in [6.07, 6.45) is 0. The number of halogens is 2. The number of carbonyl (C=O) groups excluding carboxylic acids is 1. The molecule has 1 aromatic heterocycles. The number of thiocarbonyl (C=S) groups is 1. The second kappa shape index (κ2) is 9.18. The van der Waals surface area contributed by atoms with E-state index in [0.717, 1.165) is 26.4 Å². The van der Waals surface area contributed by atoms with E-state index in [1.54, 1.807) is 12.1 Å². The molecule has 1 heterocycles. The third-order valence-corrected chi connectivity index (χ3v) is 6.71. The first-order chi connectivity index (χ1) is 16.4. The predicted octanol–water partition coefficient (Wildman–Crippen LogP) is 7.50. The van der Waals surface area contributed by atoms with Gasteiger partial charge in [0.1, 0.15) is 5.52 Å². The van der Waals surface area contributed by atoms with E-state index in [1.165, 1.54) is 0 Å². The van der Waals surface area contributed by atoms with Crippen LogP contribution in [0.15, 0.2) is 81.7 Å². The molecule has 34 heavy (non-hydrogen) atoms. The molecular formula is C26H17BrClN3O2S. The number of benzene rings is 4. The lowest BCUT2D eigenvalue weighted by atomic mass is 10.0. The zero-order valence-electron chi connectivity index (χ0n) is 17.9. The molecule has 0 saturated carbocycles. The van der Waals surface area contributed by atoms with Crippen molar-refractivity contribution in [2.45, 2.75) is 6.92 Å². The van der Waals surface area contributed by atoms with E-state index in [1.807, 2.05) is 67.6 Å². The molecule has 0 aliphatic rings. The smallest absolute Gasteiger partial charge is 0.258 e. The van der Waals surface area contributed by atoms with Crippen molar-refractivity contribution in [3.8, 4) is 11.5 Å². The normalized spacial score (nSPS) is 11.0. The number of rotatable bonds is 3. The van der Waals surface area contributed by atoms with Gasteiger partial charge in [-0.15, -0.1) is 0 Å². The number of carbonyl (C=O) groups is 1. The molecule has 0 atom stereocenters. The first kappa shape index (κ1) is 22.5. The van der Waals surface area contributed by atoms with Crippen molar-refractivity contribution in [1.29, 1.82) is 0 Å². The third kappa shape index (κ3) is 4.42. The van der Waals surface area contributed by atoms with Gasteiger partial charge in [0.15, 0.2) is 10.7 Å². The Balaban J connectivity index is 1.34. The average Bonchev–Trinajstić information content (AvgIpc) is 3.24. The fourth-order valence-electron chi connectivity index (χ4n) is 3.66. The van der Waals surface area contributed by atoms with Crippen LogP contribution < -0.4 is 10.6 Å². The van der Waals surface area contributed by atoms with Crippen molar-refractivity contribution in [2.75, 3.05) is 5.32 Å². The van der Waals surface area contributed by atoms with Gasteiger partial charge in [-0.25, -0.2) is 4.98 Å². The molecule has 0 aliphatic carbocycles. The summed E-state index contributed by atoms with van der Waals surface area (Å²) in [6.45, 7) is 1.94. The maximum atomic E-state index is 12.9. The molecule has 0 bridgehead atoms. The van der Waals surface area contributed by atoms with E-state index in [0.29, 0.717) is 33.3 Å². The third-order valence-electron chi connectivity index (χ3n) is 5.40. The maximum Gasteiger partial charge on any atom is 0.258 e. The summed E-state index contributed by atoms with van der Waals surface area (Å²) >= 11 is 15.1. The van der Waals surface area contributed by atoms with E-state index >= 15 is 0 Å². The summed E-state index contributed by atoms with van der Waals surface area (Å²) in [5.41, 5.74) is 4.29. The Kier molecular flexibility index (Phi) is 6.08. The fourth-order valence-corrected chi connectivity index (χ4v) is 4.55. The second-order valence-electron chi connectivity index (χ2n) is 7.71. The van der Waals surface area contributed by atoms with Crippen LogP contribution in [0.5, 0.6) is 0 Å². The van der Waals surface area contributed by atoms with Gasteiger partial charge in [0.05, 0.1) is 0 Å². The Morgan fingerprint density at radius 3 is 2.65 bits per heavy atom. The zero-order chi connectivity index (χ0) is 23.8. The summed E-state index contributed by atoms with van der Waals surface area (Å²) in [6, 6.07) is 22.4. The molecular weight excluding hydrogens is 534 g/mol. The van der Waals surface area contributed by atoms with Gasteiger partial charge in [0, 0.05) is 26.3 Å². The van der Waals surface area contributed by atoms with Crippen molar-refractivity contribution in [3.63, 3.8) is 0 Å². The van der Waals surface area contributed by atoms with Crippen LogP contribution in [-0.2, 0) is 0 Å². The molecule has 8 heteroatoms. The van der Waals surface area contributed by atoms with Crippen LogP contribution in [-0.4, -0.2) is 16.0 Å². The number of aromatic nitrogens is 1. The molecule has 5 rings (SSSR count). The zero-order valence-corrected chi connectivity index (χ0v) is 21.0. The van der Waals surface area contributed by atoms with Crippen molar-refractivity contribution in [2.24, 2.45) is 0 Å². The molecule has 2 N–H and O–H groups in total. The molecule has 0 aliphatic heterocycles. The van der Waals surface area contributed by atoms with Crippen molar-refractivity contribution < 1.29 is 9.21 Å². The molecule has 0 radical (unpaired) electrons. The minimum absolute atomic E-state index is 0.186. The topological polar surface area (TPSA) is 67.2 Å². The number of nitrogens with one attached hydrogen (secondary N) is 2. The molecule has 168 valence electrons. The predicted molar refractivity (Wildman–Crippen MR) is 145 cm³/mol. The van der Waals surface area contributed by atoms with Crippen LogP contribution >= 0.6 is 39.7 Å². The van der Waals surface area contributed by atoms with Crippen LogP contribution in [0.25, 0.3) is 33.3 Å². The van der Waals surface area contributed by atoms with Crippen LogP contribution in [0.2, 0.25) is 5.02 Å². The fraction of sp³-hybridized carbons (Fsp3) is 0.0385. The lowest BCUT2D eigenvalue weighted by Gasteiger charge is -2.11. The summed E-state index contributed by atoms with van der Waals surface area (Å²) < 4.78 is 6.80. The number of amides is 1. The summed E-state index contributed by atoms with van der Waals surface area (Å²) in [4.78, 5) is 17.5. The summed E-state index contributed by atoms with van der Waals surface area (Å²) in [5, 5.41) is 8.43. The van der Waals surface area contributed by atoms with Gasteiger partial charge in [-0.2, -0.15) is 0 Å². The van der Waals surface area contributed by atoms with Crippen LogP contribution in [0.3, 0.4) is 0 Å². The van der Waals surface area contributed by atoms with E-state index in [4.69, 9.17) is 28.2 Å². The van der Waals surface area contributed by atoms with Crippen molar-refractivity contribution >= 4 is 78.3 Å². The number of aryl methyl sites for hydroxylation is 1. The number of nitrogens with zero attached hydrogens (tertiary/aromatic N) is 1. The first-order valence-electron chi connectivity index (χ1n) is 10.4. The Hall–Kier alpha value is -3.26. The quantitative estimate of drug-likeness (QED) is 0.228. The van der Waals surface area contributed by atoms with E-state index in [2.05, 4.69) is 31.5 Å². The van der Waals surface area contributed by atoms with Gasteiger partial charge in [0.2, 0.25) is 5.89 Å². The average molecular weight is 551 g/mol.